The molecule has 0 aromatic heterocycles. The van der Waals surface area contributed by atoms with E-state index in [0.29, 0.717) is 31.2 Å². The van der Waals surface area contributed by atoms with Crippen molar-refractivity contribution in [3.05, 3.63) is 54.1 Å². The van der Waals surface area contributed by atoms with Crippen molar-refractivity contribution in [2.75, 3.05) is 53.0 Å². The Balaban J connectivity index is 1.37. The number of benzene rings is 2. The van der Waals surface area contributed by atoms with Crippen molar-refractivity contribution in [2.24, 2.45) is 0 Å². The Bertz CT molecular complexity index is 773. The number of aryl methyl sites for hydroxylation is 1. The molecule has 1 amide bonds. The van der Waals surface area contributed by atoms with Gasteiger partial charge in [0.15, 0.2) is 18.1 Å². The van der Waals surface area contributed by atoms with E-state index in [1.165, 1.54) is 5.56 Å². The first-order chi connectivity index (χ1) is 13.7. The molecule has 3 rings (SSSR count). The molecule has 0 aliphatic carbocycles. The first-order valence-electron chi connectivity index (χ1n) is 9.61. The smallest absolute Gasteiger partial charge is 0.260 e. The molecule has 1 saturated heterocycles. The summed E-state index contributed by atoms with van der Waals surface area (Å²) < 4.78 is 16.7. The second kappa shape index (κ2) is 9.99. The highest BCUT2D eigenvalue weighted by molar-refractivity contribution is 5.78. The summed E-state index contributed by atoms with van der Waals surface area (Å²) in [5.41, 5.74) is 1.19. The second-order valence-corrected chi connectivity index (χ2v) is 6.83. The topological polar surface area (TPSA) is 51.2 Å². The van der Waals surface area contributed by atoms with Gasteiger partial charge in [-0.3, -0.25) is 9.69 Å². The molecule has 6 heteroatoms. The highest BCUT2D eigenvalue weighted by Gasteiger charge is 2.21. The third-order valence-electron chi connectivity index (χ3n) is 4.81. The van der Waals surface area contributed by atoms with Gasteiger partial charge in [-0.2, -0.15) is 0 Å². The van der Waals surface area contributed by atoms with Gasteiger partial charge in [-0.15, -0.1) is 0 Å². The van der Waals surface area contributed by atoms with Crippen molar-refractivity contribution in [3.63, 3.8) is 0 Å². The molecule has 28 heavy (non-hydrogen) atoms. The zero-order valence-electron chi connectivity index (χ0n) is 16.6. The number of ether oxygens (including phenoxy) is 3. The van der Waals surface area contributed by atoms with E-state index in [0.717, 1.165) is 25.4 Å². The average Bonchev–Trinajstić information content (AvgIpc) is 2.73. The normalized spacial score (nSPS) is 14.6. The maximum absolute atomic E-state index is 12.4. The highest BCUT2D eigenvalue weighted by atomic mass is 16.5. The van der Waals surface area contributed by atoms with E-state index in [4.69, 9.17) is 14.2 Å². The number of para-hydroxylation sites is 2. The molecule has 1 aliphatic rings. The fraction of sp³-hybridized carbons (Fsp3) is 0.409. The van der Waals surface area contributed by atoms with Crippen LogP contribution in [0.4, 0.5) is 0 Å². The van der Waals surface area contributed by atoms with Crippen LogP contribution in [-0.2, 0) is 4.79 Å². The first-order valence-corrected chi connectivity index (χ1v) is 9.61. The van der Waals surface area contributed by atoms with Gasteiger partial charge >= 0.3 is 0 Å². The van der Waals surface area contributed by atoms with Crippen molar-refractivity contribution >= 4 is 5.91 Å². The molecule has 0 N–H and O–H groups in total. The predicted octanol–water partition coefficient (Wildman–Crippen LogP) is 2.61. The molecule has 2 aromatic carbocycles. The molecule has 150 valence electrons. The summed E-state index contributed by atoms with van der Waals surface area (Å²) in [5.74, 6) is 2.13. The molecular weight excluding hydrogens is 356 g/mol. The molecule has 1 heterocycles. The Morgan fingerprint density at radius 1 is 0.964 bits per heavy atom. The summed E-state index contributed by atoms with van der Waals surface area (Å²) in [7, 11) is 1.59. The Morgan fingerprint density at radius 2 is 1.71 bits per heavy atom. The van der Waals surface area contributed by atoms with Gasteiger partial charge in [0.1, 0.15) is 12.4 Å². The maximum atomic E-state index is 12.4. The fourth-order valence-corrected chi connectivity index (χ4v) is 3.19. The SMILES string of the molecule is COc1ccccc1OCC(=O)N1CCN(CCOc2cccc(C)c2)CC1. The summed E-state index contributed by atoms with van der Waals surface area (Å²) in [5, 5.41) is 0. The van der Waals surface area contributed by atoms with Crippen molar-refractivity contribution in [3.8, 4) is 17.2 Å². The Morgan fingerprint density at radius 3 is 2.43 bits per heavy atom. The molecular formula is C22H28N2O4. The fourth-order valence-electron chi connectivity index (χ4n) is 3.19. The van der Waals surface area contributed by atoms with E-state index in [2.05, 4.69) is 17.9 Å². The summed E-state index contributed by atoms with van der Waals surface area (Å²) in [6.07, 6.45) is 0. The molecule has 1 aliphatic heterocycles. The van der Waals surface area contributed by atoms with Crippen LogP contribution < -0.4 is 14.2 Å². The van der Waals surface area contributed by atoms with Gasteiger partial charge in [0.2, 0.25) is 0 Å². The van der Waals surface area contributed by atoms with Crippen LogP contribution in [-0.4, -0.2) is 68.8 Å². The van der Waals surface area contributed by atoms with E-state index in [1.54, 1.807) is 13.2 Å². The molecule has 0 bridgehead atoms. The van der Waals surface area contributed by atoms with E-state index in [-0.39, 0.29) is 12.5 Å². The highest BCUT2D eigenvalue weighted by Crippen LogP contribution is 2.25. The number of carbonyl (C=O) groups excluding carboxylic acids is 1. The van der Waals surface area contributed by atoms with Crippen molar-refractivity contribution in [2.45, 2.75) is 6.92 Å². The van der Waals surface area contributed by atoms with Gasteiger partial charge in [0, 0.05) is 32.7 Å². The lowest BCUT2D eigenvalue weighted by molar-refractivity contribution is -0.135. The van der Waals surface area contributed by atoms with Crippen LogP contribution in [0.1, 0.15) is 5.56 Å². The lowest BCUT2D eigenvalue weighted by Gasteiger charge is -2.34. The summed E-state index contributed by atoms with van der Waals surface area (Å²) >= 11 is 0. The number of hydrogen-bond acceptors (Lipinski definition) is 5. The van der Waals surface area contributed by atoms with E-state index < -0.39 is 0 Å². The molecule has 2 aromatic rings. The monoisotopic (exact) mass is 384 g/mol. The zero-order chi connectivity index (χ0) is 19.8. The molecule has 0 saturated carbocycles. The number of amides is 1. The minimum absolute atomic E-state index is 0.00145. The van der Waals surface area contributed by atoms with Crippen LogP contribution in [0, 0.1) is 6.92 Å². The molecule has 0 atom stereocenters. The van der Waals surface area contributed by atoms with Gasteiger partial charge in [-0.25, -0.2) is 0 Å². The number of hydrogen-bond donors (Lipinski definition) is 0. The number of rotatable bonds is 8. The van der Waals surface area contributed by atoms with Crippen molar-refractivity contribution in [1.82, 2.24) is 9.80 Å². The van der Waals surface area contributed by atoms with Crippen LogP contribution >= 0.6 is 0 Å². The zero-order valence-corrected chi connectivity index (χ0v) is 16.6. The molecule has 0 radical (unpaired) electrons. The number of nitrogens with zero attached hydrogens (tertiary/aromatic N) is 2. The third kappa shape index (κ3) is 5.63. The van der Waals surface area contributed by atoms with Gasteiger partial charge < -0.3 is 19.1 Å². The first kappa shape index (κ1) is 20.0. The van der Waals surface area contributed by atoms with Crippen LogP contribution in [0.3, 0.4) is 0 Å². The maximum Gasteiger partial charge on any atom is 0.260 e. The molecule has 0 spiro atoms. The summed E-state index contributed by atoms with van der Waals surface area (Å²) in [6, 6.07) is 15.4. The molecule has 1 fully saturated rings. The third-order valence-corrected chi connectivity index (χ3v) is 4.81. The largest absolute Gasteiger partial charge is 0.493 e. The Labute approximate surface area is 166 Å². The van der Waals surface area contributed by atoms with Crippen LogP contribution in [0.5, 0.6) is 17.2 Å². The van der Waals surface area contributed by atoms with Gasteiger partial charge in [0.05, 0.1) is 7.11 Å². The van der Waals surface area contributed by atoms with Gasteiger partial charge in [-0.1, -0.05) is 24.3 Å². The minimum Gasteiger partial charge on any atom is -0.493 e. The molecule has 0 unspecified atom stereocenters. The van der Waals surface area contributed by atoms with E-state index >= 15 is 0 Å². The lowest BCUT2D eigenvalue weighted by Crippen LogP contribution is -2.50. The predicted molar refractivity (Wildman–Crippen MR) is 108 cm³/mol. The summed E-state index contributed by atoms with van der Waals surface area (Å²) in [6.45, 7) is 6.69. The second-order valence-electron chi connectivity index (χ2n) is 6.83. The molecule has 6 nitrogen and oxygen atoms in total. The number of carbonyl (C=O) groups is 1. The minimum atomic E-state index is 0.00145. The number of methoxy groups -OCH3 is 1. The van der Waals surface area contributed by atoms with Crippen LogP contribution in [0.25, 0.3) is 0 Å². The average molecular weight is 384 g/mol. The van der Waals surface area contributed by atoms with E-state index in [9.17, 15) is 4.79 Å². The van der Waals surface area contributed by atoms with Gasteiger partial charge in [0.25, 0.3) is 5.91 Å². The van der Waals surface area contributed by atoms with Crippen LogP contribution in [0.15, 0.2) is 48.5 Å². The van der Waals surface area contributed by atoms with Crippen molar-refractivity contribution < 1.29 is 19.0 Å². The van der Waals surface area contributed by atoms with Crippen molar-refractivity contribution in [1.29, 1.82) is 0 Å². The Hall–Kier alpha value is -2.73. The number of piperazine rings is 1. The summed E-state index contributed by atoms with van der Waals surface area (Å²) in [4.78, 5) is 16.6. The van der Waals surface area contributed by atoms with Gasteiger partial charge in [-0.05, 0) is 36.8 Å². The standard InChI is InChI=1S/C22H28N2O4/c1-18-6-5-7-19(16-18)27-15-14-23-10-12-24(13-11-23)22(25)17-28-21-9-4-3-8-20(21)26-2/h3-9,16H,10-15,17H2,1-2H3. The van der Waals surface area contributed by atoms with Crippen LogP contribution in [0.2, 0.25) is 0 Å². The quantitative estimate of drug-likeness (QED) is 0.700. The lowest BCUT2D eigenvalue weighted by atomic mass is 10.2. The van der Waals surface area contributed by atoms with E-state index in [1.807, 2.05) is 41.3 Å². The Kier molecular flexibility index (Phi) is 7.14.